The molecule has 0 aliphatic carbocycles. The van der Waals surface area contributed by atoms with Gasteiger partial charge in [-0.25, -0.2) is 14.3 Å². The summed E-state index contributed by atoms with van der Waals surface area (Å²) in [6.07, 6.45) is -1.08. The largest absolute Gasteiger partial charge is 0.481 e. The van der Waals surface area contributed by atoms with Crippen molar-refractivity contribution in [1.82, 2.24) is 82.9 Å². The highest BCUT2D eigenvalue weighted by atomic mass is 33.1. The number of nitrogens with one attached hydrogen (secondary N) is 10. The molecular formula is C67H101N21O21S2. The number of benzene rings is 1. The molecule has 0 spiro atoms. The van der Waals surface area contributed by atoms with Crippen LogP contribution in [0.5, 0.6) is 0 Å². The molecule has 23 N–H and O–H groups in total. The number of rotatable bonds is 29. The topological polar surface area (TPSA) is 651 Å². The summed E-state index contributed by atoms with van der Waals surface area (Å²) in [7, 11) is 1.59. The van der Waals surface area contributed by atoms with Gasteiger partial charge in [0.15, 0.2) is 11.7 Å². The lowest BCUT2D eigenvalue weighted by Gasteiger charge is -2.34. The van der Waals surface area contributed by atoms with Gasteiger partial charge in [-0.15, -0.1) is 5.10 Å². The van der Waals surface area contributed by atoms with Gasteiger partial charge in [0, 0.05) is 44.1 Å². The first kappa shape index (κ1) is 89.6. The normalized spacial score (nSPS) is 24.3. The van der Waals surface area contributed by atoms with Crippen LogP contribution >= 0.6 is 21.6 Å². The fraction of sp³-hybridized carbons (Fsp3) is 0.627. The molecule has 0 saturated carbocycles. The van der Waals surface area contributed by atoms with E-state index >= 15 is 24.0 Å². The molecule has 13 amide bonds. The Labute approximate surface area is 645 Å². The van der Waals surface area contributed by atoms with Crippen LogP contribution < -0.4 is 76.1 Å². The van der Waals surface area contributed by atoms with Crippen LogP contribution in [0.1, 0.15) is 120 Å². The number of nitrogens with two attached hydrogens (primary N) is 4. The molecule has 0 bridgehead atoms. The van der Waals surface area contributed by atoms with Crippen LogP contribution in [0.2, 0.25) is 0 Å². The zero-order valence-corrected chi connectivity index (χ0v) is 63.3. The van der Waals surface area contributed by atoms with Gasteiger partial charge in [0.05, 0.1) is 38.4 Å². The van der Waals surface area contributed by atoms with Crippen LogP contribution in [0.25, 0.3) is 0 Å². The summed E-state index contributed by atoms with van der Waals surface area (Å²) in [5, 5.41) is 83.4. The van der Waals surface area contributed by atoms with Crippen LogP contribution in [0.4, 0.5) is 0 Å². The first-order valence-electron chi connectivity index (χ1n) is 36.4. The number of guanidine groups is 1. The third-order valence-electron chi connectivity index (χ3n) is 19.0. The van der Waals surface area contributed by atoms with Gasteiger partial charge in [0.25, 0.3) is 0 Å². The van der Waals surface area contributed by atoms with Crippen molar-refractivity contribution in [3.8, 4) is 0 Å². The molecular weight excluding hydrogens is 1500 g/mol. The number of nitrogens with zero attached hydrogens (tertiary/aromatic N) is 7. The fourth-order valence-corrected chi connectivity index (χ4v) is 15.2. The second-order valence-corrected chi connectivity index (χ2v) is 29.7. The number of aliphatic hydroxyl groups is 2. The number of unbranched alkanes of at least 4 members (excludes halogenated alkanes) is 1. The number of hydrogen-bond donors (Lipinski definition) is 19. The van der Waals surface area contributed by atoms with Crippen LogP contribution in [0, 0.1) is 5.92 Å². The third-order valence-corrected chi connectivity index (χ3v) is 21.4. The molecule has 44 heteroatoms. The van der Waals surface area contributed by atoms with E-state index < -0.39 is 229 Å². The number of aliphatic imine (C=N–C) groups is 1. The Morgan fingerprint density at radius 2 is 1.30 bits per heavy atom. The molecule has 15 atom stereocenters. The number of aliphatic hydroxyl groups excluding tert-OH is 2. The van der Waals surface area contributed by atoms with Crippen molar-refractivity contribution in [3.63, 3.8) is 0 Å². The van der Waals surface area contributed by atoms with Crippen molar-refractivity contribution in [2.75, 3.05) is 57.4 Å². The number of carbonyl (C=O) groups excluding carboxylic acids is 13. The number of aliphatic carboxylic acids is 2. The minimum absolute atomic E-state index is 0.00779. The SMILES string of the molecule is CC[C@H](C)[C@@H]1NC(=O)[C@@H]2CCCN2C(=O)[C@@H]2CCCN2C(=O)[C@H](Cn2cc(C(=O)O)nn2)NC(=O)[C@H](CO)NC(=O)[C@H](CCCCN)NC(=O)[C@H]([C@@H](C)O)NC(=O)[C@@H](NC(=O)[C@H](CCCN=C(N)N)NC(=O)CN)CSSC[C@@H](C(=O)N[C@@H](Cc2ccccc2)C(=O)N2CCC[C@H]2C(=O)N[C@@H](CC(=O)O)C(=O)O)NC1=O. The predicted octanol–water partition coefficient (Wildman–Crippen LogP) is -7.45. The average molecular weight is 1600 g/mol. The van der Waals surface area contributed by atoms with Crippen molar-refractivity contribution >= 4 is 122 Å². The lowest BCUT2D eigenvalue weighted by Crippen LogP contribution is -2.62. The number of fused-ring (bicyclic) bond motifs is 2. The third kappa shape index (κ3) is 26.4. The van der Waals surface area contributed by atoms with E-state index in [1.165, 1.54) is 4.90 Å². The van der Waals surface area contributed by atoms with Crippen molar-refractivity contribution in [3.05, 3.63) is 47.8 Å². The number of carbonyl (C=O) groups is 16. The first-order valence-corrected chi connectivity index (χ1v) is 38.8. The lowest BCUT2D eigenvalue weighted by molar-refractivity contribution is -0.148. The summed E-state index contributed by atoms with van der Waals surface area (Å²) >= 11 is 0. The van der Waals surface area contributed by atoms with Gasteiger partial charge in [-0.1, -0.05) is 77.4 Å². The highest BCUT2D eigenvalue weighted by Crippen LogP contribution is 2.29. The molecule has 42 nitrogen and oxygen atoms in total. The van der Waals surface area contributed by atoms with E-state index in [4.69, 9.17) is 22.9 Å². The molecule has 0 unspecified atom stereocenters. The molecule has 4 saturated heterocycles. The van der Waals surface area contributed by atoms with E-state index in [0.717, 1.165) is 49.2 Å². The molecule has 0 radical (unpaired) electrons. The van der Waals surface area contributed by atoms with Crippen LogP contribution in [-0.4, -0.2) is 298 Å². The monoisotopic (exact) mass is 1600 g/mol. The number of likely N-dealkylation sites (tertiary alicyclic amines) is 1. The Hall–Kier alpha value is -10.3. The Morgan fingerprint density at radius 1 is 0.676 bits per heavy atom. The molecule has 4 aliphatic heterocycles. The van der Waals surface area contributed by atoms with E-state index in [2.05, 4.69) is 68.5 Å². The van der Waals surface area contributed by atoms with Crippen molar-refractivity contribution in [2.45, 2.75) is 202 Å². The van der Waals surface area contributed by atoms with E-state index in [-0.39, 0.29) is 122 Å². The molecule has 5 heterocycles. The molecule has 1 aromatic carbocycles. The lowest BCUT2D eigenvalue weighted by atomic mass is 9.97. The average Bonchev–Trinajstić information content (AvgIpc) is 1.67. The maximum atomic E-state index is 15.3. The minimum Gasteiger partial charge on any atom is -0.481 e. The molecule has 6 rings (SSSR count). The number of carboxylic acids is 3. The Bertz CT molecular complexity index is 3690. The molecule has 111 heavy (non-hydrogen) atoms. The Balaban J connectivity index is 1.46. The zero-order chi connectivity index (χ0) is 81.8. The van der Waals surface area contributed by atoms with E-state index in [1.807, 2.05) is 0 Å². The molecule has 1 aromatic heterocycles. The van der Waals surface area contributed by atoms with Crippen LogP contribution in [0.3, 0.4) is 0 Å². The molecule has 4 fully saturated rings. The van der Waals surface area contributed by atoms with Gasteiger partial charge in [-0.2, -0.15) is 0 Å². The van der Waals surface area contributed by atoms with Crippen molar-refractivity contribution < 1.29 is 102 Å². The molecule has 612 valence electrons. The smallest absolute Gasteiger partial charge is 0.358 e. The summed E-state index contributed by atoms with van der Waals surface area (Å²) in [5.74, 6) is -19.7. The van der Waals surface area contributed by atoms with Gasteiger partial charge in [-0.05, 0) is 95.6 Å². The first-order chi connectivity index (χ1) is 52.8. The van der Waals surface area contributed by atoms with Gasteiger partial charge < -0.3 is 116 Å². The summed E-state index contributed by atoms with van der Waals surface area (Å²) in [6, 6.07) is -12.9. The van der Waals surface area contributed by atoms with Gasteiger partial charge in [-0.3, -0.25) is 72.1 Å². The van der Waals surface area contributed by atoms with Crippen molar-refractivity contribution in [2.24, 2.45) is 33.8 Å². The summed E-state index contributed by atoms with van der Waals surface area (Å²) < 4.78 is 0.914. The predicted molar refractivity (Wildman–Crippen MR) is 396 cm³/mol. The number of aromatic nitrogens is 3. The van der Waals surface area contributed by atoms with Gasteiger partial charge in [0.2, 0.25) is 76.8 Å². The minimum atomic E-state index is -1.99. The highest BCUT2D eigenvalue weighted by Gasteiger charge is 2.47. The standard InChI is InChI=1S/C67H101N21O21S2/c1-4-34(2)51-60(101)80-44(56(97)75-39(26-36-14-6-5-7-15-36)62(103)86-23-11-18-46(86)58(99)76-40(65(106)107)27-50(92)93)32-110-111-33-45(79-53(94)37(73-49(91)28-69)17-10-22-72-67(70)71)57(98)82-52(35(3)90)61(102)74-38(16-8-9-21-68)54(95)78-43(31-89)55(96)77-41(29-85-30-42(66(108)109)83-84-85)63(104)88-25-13-20-48(88)64(105)87-24-12-19-47(87)59(100)81-51/h5-7,14-15,30,34-35,37-41,43-48,51-52,89-90H,4,8-13,16-29,31-33,68-69H2,1-3H3,(H,73,91)(H,74,102)(H,75,97)(H,76,99)(H,77,96)(H,78,95)(H,79,94)(H,80,101)(H,81,100)(H,82,98)(H,92,93)(H,106,107)(H,108,109)(H4,70,71,72)/t34-,35+,37-,38-,39-,40-,41-,43-,44-,45-,46-,47-,48-,51-,52-/m0/s1. The number of carboxylic acid groups (broad SMARTS) is 3. The highest BCUT2D eigenvalue weighted by molar-refractivity contribution is 8.76. The number of aromatic carboxylic acids is 1. The van der Waals surface area contributed by atoms with Gasteiger partial charge >= 0.3 is 17.9 Å². The van der Waals surface area contributed by atoms with Gasteiger partial charge in [0.1, 0.15) is 78.5 Å². The Morgan fingerprint density at radius 3 is 1.92 bits per heavy atom. The second kappa shape index (κ2) is 43.9. The van der Waals surface area contributed by atoms with E-state index in [1.54, 1.807) is 44.2 Å². The fourth-order valence-electron chi connectivity index (χ4n) is 12.8. The second-order valence-electron chi connectivity index (χ2n) is 27.2. The van der Waals surface area contributed by atoms with E-state index in [9.17, 15) is 78.3 Å². The van der Waals surface area contributed by atoms with Crippen LogP contribution in [0.15, 0.2) is 41.5 Å². The summed E-state index contributed by atoms with van der Waals surface area (Å²) in [4.78, 5) is 233. The summed E-state index contributed by atoms with van der Waals surface area (Å²) in [5.41, 5.74) is 22.4. The molecule has 4 aliphatic rings. The zero-order valence-electron chi connectivity index (χ0n) is 61.6. The number of amides is 13. The van der Waals surface area contributed by atoms with Crippen LogP contribution in [-0.2, 0) is 84.9 Å². The quantitative estimate of drug-likeness (QED) is 0.0156. The maximum Gasteiger partial charge on any atom is 0.358 e. The maximum absolute atomic E-state index is 15.3. The summed E-state index contributed by atoms with van der Waals surface area (Å²) in [6.45, 7) is 1.87. The van der Waals surface area contributed by atoms with E-state index in [0.29, 0.717) is 5.56 Å². The molecule has 2 aromatic rings. The van der Waals surface area contributed by atoms with Crippen molar-refractivity contribution in [1.29, 1.82) is 0 Å². The number of hydrogen-bond acceptors (Lipinski definition) is 25. The Kier molecular flexibility index (Phi) is 35.4.